The van der Waals surface area contributed by atoms with E-state index in [0.29, 0.717) is 12.2 Å². The lowest BCUT2D eigenvalue weighted by Gasteiger charge is -2.19. The molecule has 1 heterocycles. The van der Waals surface area contributed by atoms with Gasteiger partial charge in [0.2, 0.25) is 5.91 Å². The molecule has 2 aromatic carbocycles. The molecule has 1 unspecified atom stereocenters. The normalized spacial score (nSPS) is 15.6. The van der Waals surface area contributed by atoms with Crippen molar-refractivity contribution in [3.05, 3.63) is 71.7 Å². The number of aliphatic imine (C=N–C) groups is 1. The van der Waals surface area contributed by atoms with Gasteiger partial charge in [0.1, 0.15) is 11.5 Å². The highest BCUT2D eigenvalue weighted by Crippen LogP contribution is 2.31. The maximum absolute atomic E-state index is 13.4. The zero-order valence-corrected chi connectivity index (χ0v) is 17.8. The van der Waals surface area contributed by atoms with Gasteiger partial charge in [-0.15, -0.1) is 0 Å². The van der Waals surface area contributed by atoms with Crippen molar-refractivity contribution >= 4 is 46.5 Å². The molecule has 2 aromatic rings. The summed E-state index contributed by atoms with van der Waals surface area (Å²) >= 11 is 1.03. The third-order valence-electron chi connectivity index (χ3n) is 4.24. The van der Waals surface area contributed by atoms with E-state index in [4.69, 9.17) is 0 Å². The number of thioether (sulfide) groups is 1. The predicted octanol–water partition coefficient (Wildman–Crippen LogP) is 3.54. The lowest BCUT2D eigenvalue weighted by molar-refractivity contribution is -0.119. The minimum Gasteiger partial charge on any atom is -0.338 e. The van der Waals surface area contributed by atoms with Gasteiger partial charge in [0.05, 0.1) is 10.9 Å². The summed E-state index contributed by atoms with van der Waals surface area (Å²) in [5.41, 5.74) is 1.40. The molecule has 9 heteroatoms. The van der Waals surface area contributed by atoms with Gasteiger partial charge in [0.25, 0.3) is 5.91 Å². The van der Waals surface area contributed by atoms with Crippen LogP contribution in [0.2, 0.25) is 0 Å². The van der Waals surface area contributed by atoms with E-state index in [1.54, 1.807) is 19.9 Å². The molecule has 0 aliphatic carbocycles. The Morgan fingerprint density at radius 3 is 2.48 bits per heavy atom. The molecule has 3 rings (SSSR count). The topological polar surface area (TPSA) is 90.9 Å². The van der Waals surface area contributed by atoms with E-state index in [-0.39, 0.29) is 10.9 Å². The van der Waals surface area contributed by atoms with Crippen molar-refractivity contribution in [3.63, 3.8) is 0 Å². The van der Waals surface area contributed by atoms with Crippen molar-refractivity contribution < 1.29 is 18.8 Å². The molecule has 1 aliphatic rings. The number of nitrogens with zero attached hydrogens (tertiary/aromatic N) is 2. The molecule has 0 bridgehead atoms. The number of halogens is 1. The number of amides is 4. The number of anilines is 1. The second-order valence-electron chi connectivity index (χ2n) is 6.56. The van der Waals surface area contributed by atoms with Crippen molar-refractivity contribution in [1.29, 1.82) is 0 Å². The van der Waals surface area contributed by atoms with E-state index in [1.807, 2.05) is 30.3 Å². The Hall–Kier alpha value is -3.46. The summed E-state index contributed by atoms with van der Waals surface area (Å²) in [6.07, 6.45) is 1.64. The molecule has 0 spiro atoms. The molecule has 2 N–H and O–H groups in total. The Labute approximate surface area is 183 Å². The van der Waals surface area contributed by atoms with Crippen molar-refractivity contribution in [2.45, 2.75) is 19.1 Å². The summed E-state index contributed by atoms with van der Waals surface area (Å²) in [5, 5.41) is 4.28. The van der Waals surface area contributed by atoms with Crippen LogP contribution in [0, 0.1) is 5.82 Å². The van der Waals surface area contributed by atoms with Crippen molar-refractivity contribution in [3.8, 4) is 0 Å². The van der Waals surface area contributed by atoms with Gasteiger partial charge < -0.3 is 5.32 Å². The lowest BCUT2D eigenvalue weighted by Crippen LogP contribution is -2.43. The molecule has 0 saturated carbocycles. The van der Waals surface area contributed by atoms with Gasteiger partial charge in [-0.1, -0.05) is 42.1 Å². The van der Waals surface area contributed by atoms with Gasteiger partial charge in [-0.2, -0.15) is 0 Å². The number of carbonyl (C=O) groups is 3. The number of hydrogen-bond donors (Lipinski definition) is 2. The van der Waals surface area contributed by atoms with Crippen LogP contribution in [0.3, 0.4) is 0 Å². The van der Waals surface area contributed by atoms with E-state index in [2.05, 4.69) is 15.6 Å². The first kappa shape index (κ1) is 22.2. The van der Waals surface area contributed by atoms with Crippen LogP contribution < -0.4 is 15.5 Å². The molecular formula is C22H21FN4O3S. The number of imide groups is 1. The first-order valence-electron chi connectivity index (χ1n) is 9.60. The molecular weight excluding hydrogens is 419 g/mol. The number of rotatable bonds is 5. The second kappa shape index (κ2) is 10.0. The fourth-order valence-corrected chi connectivity index (χ4v) is 3.66. The SMILES string of the molecule is CCNC(=O)NC(=O)C(C)SC1=NC(=Cc2ccccc2)C(=O)N1c1ccc(F)cc1. The molecule has 31 heavy (non-hydrogen) atoms. The molecule has 0 radical (unpaired) electrons. The van der Waals surface area contributed by atoms with Crippen LogP contribution in [0.15, 0.2) is 65.3 Å². The number of nitrogens with one attached hydrogen (secondary N) is 2. The highest BCUT2D eigenvalue weighted by atomic mass is 32.2. The Bertz CT molecular complexity index is 1040. The molecule has 0 fully saturated rings. The fraction of sp³-hybridized carbons (Fsp3) is 0.182. The molecule has 1 aliphatic heterocycles. The van der Waals surface area contributed by atoms with Crippen LogP contribution in [0.1, 0.15) is 19.4 Å². The highest BCUT2D eigenvalue weighted by molar-refractivity contribution is 8.15. The number of benzene rings is 2. The number of urea groups is 1. The second-order valence-corrected chi connectivity index (χ2v) is 7.87. The van der Waals surface area contributed by atoms with Crippen LogP contribution in [-0.4, -0.2) is 34.8 Å². The summed E-state index contributed by atoms with van der Waals surface area (Å²) in [4.78, 5) is 42.8. The number of hydrogen-bond acceptors (Lipinski definition) is 5. The minimum atomic E-state index is -0.715. The average molecular weight is 441 g/mol. The summed E-state index contributed by atoms with van der Waals surface area (Å²) in [6.45, 7) is 3.73. The van der Waals surface area contributed by atoms with Crippen LogP contribution in [0.5, 0.6) is 0 Å². The smallest absolute Gasteiger partial charge is 0.321 e. The zero-order chi connectivity index (χ0) is 22.4. The molecule has 160 valence electrons. The van der Waals surface area contributed by atoms with E-state index in [1.165, 1.54) is 29.2 Å². The maximum Gasteiger partial charge on any atom is 0.321 e. The number of carbonyl (C=O) groups excluding carboxylic acids is 3. The molecule has 0 saturated heterocycles. The Morgan fingerprint density at radius 1 is 1.16 bits per heavy atom. The monoisotopic (exact) mass is 440 g/mol. The van der Waals surface area contributed by atoms with Crippen molar-refractivity contribution in [1.82, 2.24) is 10.6 Å². The average Bonchev–Trinajstić information content (AvgIpc) is 3.04. The Kier molecular flexibility index (Phi) is 7.19. The van der Waals surface area contributed by atoms with Crippen LogP contribution in [-0.2, 0) is 9.59 Å². The predicted molar refractivity (Wildman–Crippen MR) is 120 cm³/mol. The first-order valence-corrected chi connectivity index (χ1v) is 10.5. The molecule has 0 aromatic heterocycles. The van der Waals surface area contributed by atoms with E-state index < -0.39 is 28.9 Å². The van der Waals surface area contributed by atoms with E-state index in [0.717, 1.165) is 17.3 Å². The Balaban J connectivity index is 1.88. The van der Waals surface area contributed by atoms with E-state index in [9.17, 15) is 18.8 Å². The van der Waals surface area contributed by atoms with E-state index >= 15 is 0 Å². The standard InChI is InChI=1S/C22H21FN4O3S/c1-3-24-21(30)26-19(28)14(2)31-22-25-18(13-15-7-5-4-6-8-15)20(29)27(22)17-11-9-16(23)10-12-17/h4-14H,3H2,1-2H3,(H2,24,26,28,30). The minimum absolute atomic E-state index is 0.189. The summed E-state index contributed by atoms with van der Waals surface area (Å²) < 4.78 is 13.4. The first-order chi connectivity index (χ1) is 14.9. The Morgan fingerprint density at radius 2 is 1.84 bits per heavy atom. The van der Waals surface area contributed by atoms with Crippen molar-refractivity contribution in [2.75, 3.05) is 11.4 Å². The summed E-state index contributed by atoms with van der Waals surface area (Å²) in [5.74, 6) is -1.35. The summed E-state index contributed by atoms with van der Waals surface area (Å²) in [6, 6.07) is 14.1. The number of amidine groups is 1. The van der Waals surface area contributed by atoms with Crippen LogP contribution >= 0.6 is 11.8 Å². The zero-order valence-electron chi connectivity index (χ0n) is 17.0. The van der Waals surface area contributed by atoms with Crippen molar-refractivity contribution in [2.24, 2.45) is 4.99 Å². The largest absolute Gasteiger partial charge is 0.338 e. The maximum atomic E-state index is 13.4. The molecule has 7 nitrogen and oxygen atoms in total. The quantitative estimate of drug-likeness (QED) is 0.696. The van der Waals surface area contributed by atoms with Gasteiger partial charge in [-0.3, -0.25) is 19.8 Å². The lowest BCUT2D eigenvalue weighted by atomic mass is 10.2. The van der Waals surface area contributed by atoms with Crippen LogP contribution in [0.4, 0.5) is 14.9 Å². The van der Waals surface area contributed by atoms with Gasteiger partial charge in [0, 0.05) is 6.54 Å². The fourth-order valence-electron chi connectivity index (χ4n) is 2.73. The van der Waals surface area contributed by atoms with Gasteiger partial charge in [-0.25, -0.2) is 14.2 Å². The third-order valence-corrected chi connectivity index (χ3v) is 5.30. The summed E-state index contributed by atoms with van der Waals surface area (Å²) in [7, 11) is 0. The van der Waals surface area contributed by atoms with Gasteiger partial charge >= 0.3 is 6.03 Å². The third kappa shape index (κ3) is 5.58. The van der Waals surface area contributed by atoms with Gasteiger partial charge in [0.15, 0.2) is 5.17 Å². The molecule has 4 amide bonds. The highest BCUT2D eigenvalue weighted by Gasteiger charge is 2.34. The molecule has 1 atom stereocenters. The van der Waals surface area contributed by atoms with Crippen LogP contribution in [0.25, 0.3) is 6.08 Å². The van der Waals surface area contributed by atoms with Gasteiger partial charge in [-0.05, 0) is 49.8 Å².